The third kappa shape index (κ3) is 1.15. The van der Waals surface area contributed by atoms with Crippen LogP contribution in [-0.2, 0) is 14.3 Å². The van der Waals surface area contributed by atoms with E-state index in [1.54, 1.807) is 0 Å². The Morgan fingerprint density at radius 2 is 2.25 bits per heavy atom. The van der Waals surface area contributed by atoms with Gasteiger partial charge in [-0.1, -0.05) is 0 Å². The van der Waals surface area contributed by atoms with E-state index < -0.39 is 5.97 Å². The van der Waals surface area contributed by atoms with Crippen LogP contribution in [0.4, 0.5) is 0 Å². The molecule has 0 N–H and O–H groups in total. The van der Waals surface area contributed by atoms with Crippen LogP contribution in [0.1, 0.15) is 25.7 Å². The first-order valence-electron chi connectivity index (χ1n) is 4.22. The van der Waals surface area contributed by atoms with Crippen molar-refractivity contribution in [1.82, 2.24) is 0 Å². The summed E-state index contributed by atoms with van der Waals surface area (Å²) in [5, 5.41) is 0. The molecule has 1 unspecified atom stereocenters. The molecule has 3 nitrogen and oxygen atoms in total. The summed E-state index contributed by atoms with van der Waals surface area (Å²) in [4.78, 5) is 21.8. The number of ketones is 1. The zero-order valence-corrected chi connectivity index (χ0v) is 6.71. The molecular formula is C9H10O3. The van der Waals surface area contributed by atoms with Crippen LogP contribution in [0.3, 0.4) is 0 Å². The zero-order valence-electron chi connectivity index (χ0n) is 6.71. The maximum Gasteiger partial charge on any atom is 0.379 e. The van der Waals surface area contributed by atoms with Gasteiger partial charge in [0.15, 0.2) is 0 Å². The lowest BCUT2D eigenvalue weighted by atomic mass is 9.88. The summed E-state index contributed by atoms with van der Waals surface area (Å²) >= 11 is 0. The molecule has 2 rings (SSSR count). The van der Waals surface area contributed by atoms with Gasteiger partial charge in [0.25, 0.3) is 0 Å². The van der Waals surface area contributed by atoms with E-state index in [1.807, 2.05) is 6.08 Å². The molecular weight excluding hydrogens is 156 g/mol. The first-order valence-corrected chi connectivity index (χ1v) is 4.22. The number of carbonyl (C=O) groups is 2. The smallest absolute Gasteiger partial charge is 0.379 e. The van der Waals surface area contributed by atoms with Gasteiger partial charge in [-0.15, -0.1) is 0 Å². The second kappa shape index (κ2) is 2.73. The maximum absolute atomic E-state index is 10.9. The number of esters is 1. The molecule has 0 aromatic heterocycles. The highest BCUT2D eigenvalue weighted by atomic mass is 16.5. The van der Waals surface area contributed by atoms with Crippen LogP contribution in [0, 0.1) is 5.92 Å². The first-order chi connectivity index (χ1) is 5.77. The minimum atomic E-state index is -0.681. The van der Waals surface area contributed by atoms with Crippen molar-refractivity contribution in [3.05, 3.63) is 11.8 Å². The third-order valence-electron chi connectivity index (χ3n) is 2.37. The predicted molar refractivity (Wildman–Crippen MR) is 41.1 cm³/mol. The lowest BCUT2D eigenvalue weighted by Gasteiger charge is -2.26. The Morgan fingerprint density at radius 1 is 1.42 bits per heavy atom. The SMILES string of the molecule is O=C1CC2CCCC=C2OC1=O. The second-order valence-electron chi connectivity index (χ2n) is 3.25. The Labute approximate surface area is 70.4 Å². The van der Waals surface area contributed by atoms with Crippen LogP contribution >= 0.6 is 0 Å². The summed E-state index contributed by atoms with van der Waals surface area (Å²) in [6, 6.07) is 0. The molecule has 0 amide bonds. The Bertz CT molecular complexity index is 265. The lowest BCUT2D eigenvalue weighted by molar-refractivity contribution is -0.155. The van der Waals surface area contributed by atoms with E-state index in [0.717, 1.165) is 25.0 Å². The fourth-order valence-corrected chi connectivity index (χ4v) is 1.72. The molecule has 1 aliphatic carbocycles. The standard InChI is InChI=1S/C9H10O3/c10-7-5-6-3-1-2-4-8(6)12-9(7)11/h4,6H,1-3,5H2. The molecule has 0 radical (unpaired) electrons. The van der Waals surface area contributed by atoms with Crippen molar-refractivity contribution >= 4 is 11.8 Å². The Morgan fingerprint density at radius 3 is 3.08 bits per heavy atom. The van der Waals surface area contributed by atoms with Crippen molar-refractivity contribution in [2.45, 2.75) is 25.7 Å². The van der Waals surface area contributed by atoms with Gasteiger partial charge in [0.1, 0.15) is 5.76 Å². The molecule has 1 saturated heterocycles. The van der Waals surface area contributed by atoms with Crippen molar-refractivity contribution in [2.75, 3.05) is 0 Å². The predicted octanol–water partition coefficient (Wildman–Crippen LogP) is 1.19. The zero-order chi connectivity index (χ0) is 8.55. The van der Waals surface area contributed by atoms with Crippen LogP contribution in [0.2, 0.25) is 0 Å². The average Bonchev–Trinajstić information content (AvgIpc) is 2.07. The van der Waals surface area contributed by atoms with Crippen LogP contribution in [0.15, 0.2) is 11.8 Å². The summed E-state index contributed by atoms with van der Waals surface area (Å²) in [6.07, 6.45) is 5.32. The monoisotopic (exact) mass is 166 g/mol. The van der Waals surface area contributed by atoms with Crippen molar-refractivity contribution in [1.29, 1.82) is 0 Å². The Hall–Kier alpha value is -1.12. The molecule has 2 aliphatic rings. The fourth-order valence-electron chi connectivity index (χ4n) is 1.72. The van der Waals surface area contributed by atoms with Gasteiger partial charge in [-0.2, -0.15) is 0 Å². The van der Waals surface area contributed by atoms with Gasteiger partial charge in [-0.25, -0.2) is 4.79 Å². The number of Topliss-reactive ketones (excluding diaryl/α,β-unsaturated/α-hetero) is 1. The normalized spacial score (nSPS) is 29.0. The quantitative estimate of drug-likeness (QED) is 0.401. The number of fused-ring (bicyclic) bond motifs is 1. The lowest BCUT2D eigenvalue weighted by Crippen LogP contribution is -2.30. The van der Waals surface area contributed by atoms with E-state index in [2.05, 4.69) is 0 Å². The molecule has 1 atom stereocenters. The summed E-state index contributed by atoms with van der Waals surface area (Å²) in [5.41, 5.74) is 0. The number of ether oxygens (including phenoxy) is 1. The van der Waals surface area contributed by atoms with Gasteiger partial charge >= 0.3 is 5.97 Å². The van der Waals surface area contributed by atoms with E-state index in [0.29, 0.717) is 6.42 Å². The van der Waals surface area contributed by atoms with Crippen molar-refractivity contribution in [2.24, 2.45) is 5.92 Å². The summed E-state index contributed by atoms with van der Waals surface area (Å²) in [6.45, 7) is 0. The van der Waals surface area contributed by atoms with E-state index >= 15 is 0 Å². The van der Waals surface area contributed by atoms with Gasteiger partial charge in [0.2, 0.25) is 5.78 Å². The highest BCUT2D eigenvalue weighted by molar-refractivity contribution is 6.34. The number of allylic oxidation sites excluding steroid dienone is 2. The van der Waals surface area contributed by atoms with Gasteiger partial charge in [0, 0.05) is 12.3 Å². The minimum absolute atomic E-state index is 0.184. The Balaban J connectivity index is 2.20. The van der Waals surface area contributed by atoms with Crippen LogP contribution in [-0.4, -0.2) is 11.8 Å². The van der Waals surface area contributed by atoms with Crippen LogP contribution in [0.25, 0.3) is 0 Å². The summed E-state index contributed by atoms with van der Waals surface area (Å²) in [7, 11) is 0. The fraction of sp³-hybridized carbons (Fsp3) is 0.556. The van der Waals surface area contributed by atoms with E-state index in [9.17, 15) is 9.59 Å². The number of rotatable bonds is 0. The van der Waals surface area contributed by atoms with E-state index in [1.165, 1.54) is 0 Å². The second-order valence-corrected chi connectivity index (χ2v) is 3.25. The van der Waals surface area contributed by atoms with Gasteiger partial charge < -0.3 is 4.74 Å². The molecule has 1 heterocycles. The summed E-state index contributed by atoms with van der Waals surface area (Å²) in [5.74, 6) is -0.145. The minimum Gasteiger partial charge on any atom is -0.425 e. The molecule has 0 aromatic rings. The highest BCUT2D eigenvalue weighted by Gasteiger charge is 2.33. The van der Waals surface area contributed by atoms with Gasteiger partial charge in [0.05, 0.1) is 0 Å². The highest BCUT2D eigenvalue weighted by Crippen LogP contribution is 2.31. The van der Waals surface area contributed by atoms with E-state index in [4.69, 9.17) is 4.74 Å². The topological polar surface area (TPSA) is 43.4 Å². The number of hydrogen-bond acceptors (Lipinski definition) is 3. The van der Waals surface area contributed by atoms with Crippen molar-refractivity contribution in [3.8, 4) is 0 Å². The molecule has 0 spiro atoms. The van der Waals surface area contributed by atoms with Gasteiger partial charge in [-0.05, 0) is 25.3 Å². The molecule has 1 aliphatic heterocycles. The average molecular weight is 166 g/mol. The van der Waals surface area contributed by atoms with Crippen LogP contribution in [0.5, 0.6) is 0 Å². The molecule has 64 valence electrons. The molecule has 0 bridgehead atoms. The molecule has 0 aromatic carbocycles. The van der Waals surface area contributed by atoms with Crippen molar-refractivity contribution in [3.63, 3.8) is 0 Å². The van der Waals surface area contributed by atoms with Gasteiger partial charge in [-0.3, -0.25) is 4.79 Å². The molecule has 1 fully saturated rings. The molecule has 12 heavy (non-hydrogen) atoms. The third-order valence-corrected chi connectivity index (χ3v) is 2.37. The first kappa shape index (κ1) is 7.53. The number of hydrogen-bond donors (Lipinski definition) is 0. The maximum atomic E-state index is 10.9. The Kier molecular flexibility index (Phi) is 1.71. The number of carbonyl (C=O) groups excluding carboxylic acids is 2. The molecule has 3 heteroatoms. The van der Waals surface area contributed by atoms with E-state index in [-0.39, 0.29) is 11.7 Å². The summed E-state index contributed by atoms with van der Waals surface area (Å²) < 4.78 is 4.88. The van der Waals surface area contributed by atoms with Crippen molar-refractivity contribution < 1.29 is 14.3 Å². The molecule has 0 saturated carbocycles. The largest absolute Gasteiger partial charge is 0.425 e. The van der Waals surface area contributed by atoms with Crippen LogP contribution < -0.4 is 0 Å².